The van der Waals surface area contributed by atoms with E-state index in [9.17, 15) is 0 Å². The molecule has 1 saturated carbocycles. The third-order valence-electron chi connectivity index (χ3n) is 5.19. The fourth-order valence-corrected chi connectivity index (χ4v) is 3.91. The summed E-state index contributed by atoms with van der Waals surface area (Å²) in [5.41, 5.74) is 9.83. The molecular weight excluding hydrogens is 342 g/mol. The van der Waals surface area contributed by atoms with Crippen molar-refractivity contribution < 1.29 is 0 Å². The quantitative estimate of drug-likeness (QED) is 0.554. The van der Waals surface area contributed by atoms with E-state index < -0.39 is 0 Å². The maximum absolute atomic E-state index is 5.15. The molecule has 0 amide bonds. The summed E-state index contributed by atoms with van der Waals surface area (Å²) >= 11 is 0. The van der Waals surface area contributed by atoms with E-state index in [4.69, 9.17) is 9.98 Å². The van der Waals surface area contributed by atoms with Gasteiger partial charge in [0, 0.05) is 22.3 Å². The number of hydrogen-bond acceptors (Lipinski definition) is 3. The van der Waals surface area contributed by atoms with Crippen LogP contribution in [0, 0.1) is 13.8 Å². The molecule has 1 fully saturated rings. The van der Waals surface area contributed by atoms with Gasteiger partial charge in [0.15, 0.2) is 0 Å². The van der Waals surface area contributed by atoms with Gasteiger partial charge in [-0.25, -0.2) is 0 Å². The van der Waals surface area contributed by atoms with Gasteiger partial charge in [0.1, 0.15) is 0 Å². The van der Waals surface area contributed by atoms with Crippen molar-refractivity contribution in [2.75, 3.05) is 0 Å². The highest BCUT2D eigenvalue weighted by atomic mass is 14.8. The van der Waals surface area contributed by atoms with Crippen molar-refractivity contribution >= 4 is 33.6 Å². The molecule has 28 heavy (non-hydrogen) atoms. The summed E-state index contributed by atoms with van der Waals surface area (Å²) in [6.07, 6.45) is 7.57. The molecule has 1 aliphatic rings. The maximum Gasteiger partial charge on any atom is 0.0716 e. The Kier molecular flexibility index (Phi) is 6.23. The topological polar surface area (TPSA) is 37.6 Å². The molecule has 3 rings (SSSR count). The van der Waals surface area contributed by atoms with Crippen molar-refractivity contribution in [3.8, 4) is 0 Å². The van der Waals surface area contributed by atoms with E-state index in [0.717, 1.165) is 53.3 Å². The molecule has 0 N–H and O–H groups in total. The van der Waals surface area contributed by atoms with Gasteiger partial charge >= 0.3 is 0 Å². The van der Waals surface area contributed by atoms with Gasteiger partial charge in [-0.1, -0.05) is 19.6 Å². The zero-order valence-corrected chi connectivity index (χ0v) is 17.9. The highest BCUT2D eigenvalue weighted by Crippen LogP contribution is 2.33. The molecule has 3 heteroatoms. The molecule has 1 heterocycles. The van der Waals surface area contributed by atoms with Crippen LogP contribution < -0.4 is 0 Å². The molecule has 1 aromatic carbocycles. The first-order valence-electron chi connectivity index (χ1n) is 10.3. The zero-order chi connectivity index (χ0) is 20.3. The number of aryl methyl sites for hydroxylation is 2. The van der Waals surface area contributed by atoms with Crippen LogP contribution in [0.15, 0.2) is 46.5 Å². The van der Waals surface area contributed by atoms with Crippen LogP contribution in [-0.4, -0.2) is 16.4 Å². The minimum Gasteiger partial charge on any atom is -0.257 e. The Labute approximate surface area is 169 Å². The number of aromatic nitrogens is 1. The third kappa shape index (κ3) is 4.46. The van der Waals surface area contributed by atoms with Gasteiger partial charge in [0.05, 0.1) is 22.6 Å². The summed E-state index contributed by atoms with van der Waals surface area (Å²) in [4.78, 5) is 14.6. The Bertz CT molecular complexity index is 1010. The molecule has 1 aliphatic carbocycles. The Hall–Kier alpha value is -2.55. The second kappa shape index (κ2) is 8.64. The molecule has 0 saturated heterocycles. The van der Waals surface area contributed by atoms with Crippen molar-refractivity contribution in [1.82, 2.24) is 4.98 Å². The Morgan fingerprint density at radius 3 is 2.50 bits per heavy atom. The molecule has 0 unspecified atom stereocenters. The zero-order valence-electron chi connectivity index (χ0n) is 17.9. The van der Waals surface area contributed by atoms with E-state index in [-0.39, 0.29) is 0 Å². The van der Waals surface area contributed by atoms with Gasteiger partial charge in [-0.15, -0.1) is 0 Å². The SMILES string of the molecule is C=C(C)N=C1CCCCC1=Nc1cc2c(C)cc(C)nc2cc1/C(C)=C\CC. The van der Waals surface area contributed by atoms with Crippen LogP contribution >= 0.6 is 0 Å². The van der Waals surface area contributed by atoms with Gasteiger partial charge in [-0.05, 0) is 89.1 Å². The monoisotopic (exact) mass is 373 g/mol. The predicted octanol–water partition coefficient (Wildman–Crippen LogP) is 7.29. The number of benzene rings is 1. The average Bonchev–Trinajstić information content (AvgIpc) is 2.63. The molecule has 3 nitrogen and oxygen atoms in total. The fourth-order valence-electron chi connectivity index (χ4n) is 3.91. The molecule has 146 valence electrons. The van der Waals surface area contributed by atoms with E-state index in [1.807, 2.05) is 6.92 Å². The van der Waals surface area contributed by atoms with Crippen LogP contribution in [0.25, 0.3) is 16.5 Å². The summed E-state index contributed by atoms with van der Waals surface area (Å²) in [7, 11) is 0. The maximum atomic E-state index is 5.15. The van der Waals surface area contributed by atoms with Crippen molar-refractivity contribution in [3.05, 3.63) is 53.4 Å². The molecule has 2 aromatic rings. The number of aliphatic imine (C=N–C) groups is 2. The molecule has 0 atom stereocenters. The number of fused-ring (bicyclic) bond motifs is 1. The lowest BCUT2D eigenvalue weighted by Gasteiger charge is -2.18. The highest BCUT2D eigenvalue weighted by molar-refractivity contribution is 6.43. The number of pyridine rings is 1. The summed E-state index contributed by atoms with van der Waals surface area (Å²) in [6, 6.07) is 6.55. The first-order chi connectivity index (χ1) is 13.4. The lowest BCUT2D eigenvalue weighted by atomic mass is 9.95. The van der Waals surface area contributed by atoms with Crippen LogP contribution in [0.3, 0.4) is 0 Å². The van der Waals surface area contributed by atoms with Crippen LogP contribution in [0.1, 0.15) is 69.7 Å². The molecule has 0 aliphatic heterocycles. The van der Waals surface area contributed by atoms with Crippen LogP contribution in [0.4, 0.5) is 5.69 Å². The highest BCUT2D eigenvalue weighted by Gasteiger charge is 2.17. The van der Waals surface area contributed by atoms with E-state index >= 15 is 0 Å². The summed E-state index contributed by atoms with van der Waals surface area (Å²) in [5, 5.41) is 1.17. The molecular formula is C25H31N3. The first-order valence-corrected chi connectivity index (χ1v) is 10.3. The average molecular weight is 374 g/mol. The van der Waals surface area contributed by atoms with E-state index in [1.165, 1.54) is 34.9 Å². The molecule has 0 spiro atoms. The van der Waals surface area contributed by atoms with Gasteiger partial charge in [0.25, 0.3) is 0 Å². The second-order valence-corrected chi connectivity index (χ2v) is 7.82. The lowest BCUT2D eigenvalue weighted by Crippen LogP contribution is -2.19. The van der Waals surface area contributed by atoms with Gasteiger partial charge in [0.2, 0.25) is 0 Å². The number of rotatable bonds is 4. The van der Waals surface area contributed by atoms with Crippen molar-refractivity contribution in [1.29, 1.82) is 0 Å². The van der Waals surface area contributed by atoms with E-state index in [1.54, 1.807) is 0 Å². The standard InChI is InChI=1S/C25H31N3/c1-7-10-17(4)20-14-24-21(18(5)13-19(6)27-24)15-25(20)28-23-12-9-8-11-22(23)26-16(2)3/h10,13-15H,2,7-9,11-12H2,1,3-6H3/b17-10-,26-22?,28-23?. The Morgan fingerprint density at radius 1 is 1.11 bits per heavy atom. The molecule has 1 aromatic heterocycles. The van der Waals surface area contributed by atoms with Crippen molar-refractivity contribution in [2.24, 2.45) is 9.98 Å². The summed E-state index contributed by atoms with van der Waals surface area (Å²) in [5.74, 6) is 0. The third-order valence-corrected chi connectivity index (χ3v) is 5.19. The summed E-state index contributed by atoms with van der Waals surface area (Å²) < 4.78 is 0. The summed E-state index contributed by atoms with van der Waals surface area (Å²) in [6.45, 7) is 14.5. The Morgan fingerprint density at radius 2 is 1.82 bits per heavy atom. The minimum atomic E-state index is 0.848. The first kappa shape index (κ1) is 20.2. The number of allylic oxidation sites excluding steroid dienone is 3. The minimum absolute atomic E-state index is 0.848. The molecule has 0 bridgehead atoms. The van der Waals surface area contributed by atoms with E-state index in [0.29, 0.717) is 0 Å². The Balaban J connectivity index is 2.24. The van der Waals surface area contributed by atoms with Crippen LogP contribution in [0.5, 0.6) is 0 Å². The lowest BCUT2D eigenvalue weighted by molar-refractivity contribution is 0.776. The fraction of sp³-hybridized carbons (Fsp3) is 0.400. The predicted molar refractivity (Wildman–Crippen MR) is 123 cm³/mol. The smallest absolute Gasteiger partial charge is 0.0716 e. The normalized spacial score (nSPS) is 18.2. The van der Waals surface area contributed by atoms with Gasteiger partial charge in [-0.2, -0.15) is 0 Å². The van der Waals surface area contributed by atoms with Crippen molar-refractivity contribution in [2.45, 2.75) is 66.7 Å². The van der Waals surface area contributed by atoms with Crippen LogP contribution in [0.2, 0.25) is 0 Å². The second-order valence-electron chi connectivity index (χ2n) is 7.82. The van der Waals surface area contributed by atoms with Gasteiger partial charge in [-0.3, -0.25) is 15.0 Å². The van der Waals surface area contributed by atoms with Crippen molar-refractivity contribution in [3.63, 3.8) is 0 Å². The van der Waals surface area contributed by atoms with E-state index in [2.05, 4.69) is 63.5 Å². The van der Waals surface area contributed by atoms with Gasteiger partial charge < -0.3 is 0 Å². The van der Waals surface area contributed by atoms with Crippen LogP contribution in [-0.2, 0) is 0 Å². The number of nitrogens with zero attached hydrogens (tertiary/aromatic N) is 3. The number of hydrogen-bond donors (Lipinski definition) is 0. The largest absolute Gasteiger partial charge is 0.257 e. The molecule has 0 radical (unpaired) electrons.